The maximum atomic E-state index is 13.6. The van der Waals surface area contributed by atoms with Gasteiger partial charge in [-0.05, 0) is 48.5 Å². The molecule has 0 aliphatic heterocycles. The molecular formula is C26H22N6O5S. The Morgan fingerprint density at radius 1 is 1.03 bits per heavy atom. The van der Waals surface area contributed by atoms with E-state index in [2.05, 4.69) is 15.1 Å². The third kappa shape index (κ3) is 4.65. The van der Waals surface area contributed by atoms with Crippen LogP contribution in [0.25, 0.3) is 16.7 Å². The summed E-state index contributed by atoms with van der Waals surface area (Å²) in [5.41, 5.74) is 3.27. The Hall–Kier alpha value is -4.81. The summed E-state index contributed by atoms with van der Waals surface area (Å²) in [6.45, 7) is 0. The van der Waals surface area contributed by atoms with Crippen molar-refractivity contribution < 1.29 is 23.2 Å². The molecular weight excluding hydrogens is 508 g/mol. The minimum Gasteiger partial charge on any atom is -0.497 e. The number of anilines is 2. The first kappa shape index (κ1) is 24.9. The van der Waals surface area contributed by atoms with E-state index < -0.39 is 21.6 Å². The monoisotopic (exact) mass is 530 g/mol. The highest BCUT2D eigenvalue weighted by molar-refractivity contribution is 7.91. The summed E-state index contributed by atoms with van der Waals surface area (Å²) < 4.78 is 34.0. The zero-order valence-electron chi connectivity index (χ0n) is 20.1. The third-order valence-electron chi connectivity index (χ3n) is 5.86. The number of amides is 1. The first-order valence-corrected chi connectivity index (χ1v) is 13.0. The SMILES string of the molecule is COc1ccc(S(=O)(=O)CN(c2cccnc2)c2c(C(=O)NO)cnc3c2cnn3-c2ccccc2)cc1. The number of para-hydroxylation sites is 1. The summed E-state index contributed by atoms with van der Waals surface area (Å²) >= 11 is 0. The fourth-order valence-electron chi connectivity index (χ4n) is 4.05. The number of nitrogens with one attached hydrogen (secondary N) is 1. The van der Waals surface area contributed by atoms with Gasteiger partial charge in [-0.2, -0.15) is 5.10 Å². The summed E-state index contributed by atoms with van der Waals surface area (Å²) in [5, 5.41) is 14.3. The number of carbonyl (C=O) groups excluding carboxylic acids is 1. The number of hydroxylamine groups is 1. The molecule has 0 atom stereocenters. The van der Waals surface area contributed by atoms with Gasteiger partial charge in [0.15, 0.2) is 15.5 Å². The number of ether oxygens (including phenoxy) is 1. The molecule has 2 N–H and O–H groups in total. The van der Waals surface area contributed by atoms with Gasteiger partial charge < -0.3 is 9.64 Å². The van der Waals surface area contributed by atoms with Crippen LogP contribution < -0.4 is 15.1 Å². The quantitative estimate of drug-likeness (QED) is 0.228. The van der Waals surface area contributed by atoms with Crippen LogP contribution >= 0.6 is 0 Å². The number of carbonyl (C=O) groups is 1. The van der Waals surface area contributed by atoms with Crippen molar-refractivity contribution in [2.24, 2.45) is 0 Å². The van der Waals surface area contributed by atoms with Gasteiger partial charge in [-0.25, -0.2) is 23.6 Å². The van der Waals surface area contributed by atoms with Gasteiger partial charge in [0, 0.05) is 12.4 Å². The second kappa shape index (κ2) is 10.3. The molecule has 12 heteroatoms. The summed E-state index contributed by atoms with van der Waals surface area (Å²) in [4.78, 5) is 22.8. The number of aromatic nitrogens is 4. The van der Waals surface area contributed by atoms with Crippen molar-refractivity contribution in [3.63, 3.8) is 0 Å². The predicted molar refractivity (Wildman–Crippen MR) is 140 cm³/mol. The van der Waals surface area contributed by atoms with E-state index in [1.54, 1.807) is 40.6 Å². The largest absolute Gasteiger partial charge is 0.497 e. The van der Waals surface area contributed by atoms with Crippen LogP contribution in [0, 0.1) is 0 Å². The van der Waals surface area contributed by atoms with Gasteiger partial charge in [-0.15, -0.1) is 0 Å². The van der Waals surface area contributed by atoms with Gasteiger partial charge in [0.1, 0.15) is 11.6 Å². The van der Waals surface area contributed by atoms with Crippen LogP contribution in [-0.4, -0.2) is 52.3 Å². The fraction of sp³-hybridized carbons (Fsp3) is 0.0769. The maximum absolute atomic E-state index is 13.6. The van der Waals surface area contributed by atoms with Gasteiger partial charge >= 0.3 is 0 Å². The minimum absolute atomic E-state index is 0.0543. The lowest BCUT2D eigenvalue weighted by atomic mass is 10.1. The summed E-state index contributed by atoms with van der Waals surface area (Å²) in [6.07, 6.45) is 5.81. The highest BCUT2D eigenvalue weighted by Crippen LogP contribution is 2.36. The Balaban J connectivity index is 1.73. The van der Waals surface area contributed by atoms with Crippen molar-refractivity contribution in [1.29, 1.82) is 0 Å². The molecule has 11 nitrogen and oxygen atoms in total. The van der Waals surface area contributed by atoms with Crippen molar-refractivity contribution in [2.75, 3.05) is 17.9 Å². The number of rotatable bonds is 8. The van der Waals surface area contributed by atoms with Crippen molar-refractivity contribution in [1.82, 2.24) is 25.2 Å². The predicted octanol–water partition coefficient (Wildman–Crippen LogP) is 3.51. The number of hydrogen-bond acceptors (Lipinski definition) is 9. The van der Waals surface area contributed by atoms with E-state index in [-0.39, 0.29) is 16.1 Å². The number of benzene rings is 2. The summed E-state index contributed by atoms with van der Waals surface area (Å²) in [6, 6.07) is 18.6. The topological polar surface area (TPSA) is 140 Å². The van der Waals surface area contributed by atoms with Crippen LogP contribution in [0.1, 0.15) is 10.4 Å². The molecule has 5 rings (SSSR count). The molecule has 0 aliphatic rings. The number of hydrogen-bond donors (Lipinski definition) is 2. The van der Waals surface area contributed by atoms with Crippen molar-refractivity contribution in [2.45, 2.75) is 4.90 Å². The van der Waals surface area contributed by atoms with Crippen LogP contribution in [0.5, 0.6) is 5.75 Å². The Bertz CT molecular complexity index is 1690. The number of sulfone groups is 1. The fourth-order valence-corrected chi connectivity index (χ4v) is 5.37. The third-order valence-corrected chi connectivity index (χ3v) is 7.45. The molecule has 3 aromatic heterocycles. The van der Waals surface area contributed by atoms with Gasteiger partial charge in [0.05, 0.1) is 52.4 Å². The molecule has 5 aromatic rings. The zero-order valence-corrected chi connectivity index (χ0v) is 20.9. The van der Waals surface area contributed by atoms with Gasteiger partial charge in [0.25, 0.3) is 5.91 Å². The lowest BCUT2D eigenvalue weighted by Gasteiger charge is -2.27. The molecule has 0 saturated carbocycles. The average Bonchev–Trinajstić information content (AvgIpc) is 3.40. The van der Waals surface area contributed by atoms with E-state index in [4.69, 9.17) is 4.74 Å². The maximum Gasteiger partial charge on any atom is 0.278 e. The van der Waals surface area contributed by atoms with Crippen LogP contribution in [-0.2, 0) is 9.84 Å². The highest BCUT2D eigenvalue weighted by atomic mass is 32.2. The number of pyridine rings is 2. The molecule has 0 aliphatic carbocycles. The molecule has 2 aromatic carbocycles. The van der Waals surface area contributed by atoms with Crippen LogP contribution in [0.4, 0.5) is 11.4 Å². The standard InChI is InChI=1S/C26H22N6O5S/c1-37-20-9-11-21(12-10-20)38(35,36)17-31(19-8-5-13-27-14-19)24-22-16-29-32(18-6-3-2-4-7-18)25(22)28-15-23(24)26(33)30-34/h2-16,34H,17H2,1H3,(H,30,33). The Kier molecular flexibility index (Phi) is 6.73. The van der Waals surface area contributed by atoms with E-state index in [1.807, 2.05) is 30.3 Å². The average molecular weight is 531 g/mol. The molecule has 0 fully saturated rings. The first-order valence-electron chi connectivity index (χ1n) is 11.3. The first-order chi connectivity index (χ1) is 18.4. The van der Waals surface area contributed by atoms with Crippen molar-refractivity contribution in [3.05, 3.63) is 97.1 Å². The second-order valence-corrected chi connectivity index (χ2v) is 10.1. The molecule has 3 heterocycles. The van der Waals surface area contributed by atoms with Crippen LogP contribution in [0.15, 0.2) is 96.4 Å². The number of nitrogens with zero attached hydrogens (tertiary/aromatic N) is 5. The highest BCUT2D eigenvalue weighted by Gasteiger charge is 2.28. The Morgan fingerprint density at radius 2 is 1.79 bits per heavy atom. The summed E-state index contributed by atoms with van der Waals surface area (Å²) in [7, 11) is -2.45. The molecule has 0 unspecified atom stereocenters. The number of fused-ring (bicyclic) bond motifs is 1. The van der Waals surface area contributed by atoms with Crippen molar-refractivity contribution in [3.8, 4) is 11.4 Å². The zero-order chi connectivity index (χ0) is 26.7. The smallest absolute Gasteiger partial charge is 0.278 e. The normalized spacial score (nSPS) is 11.3. The second-order valence-electron chi connectivity index (χ2n) is 8.15. The van der Waals surface area contributed by atoms with Crippen molar-refractivity contribution >= 4 is 38.2 Å². The van der Waals surface area contributed by atoms with E-state index in [0.717, 1.165) is 5.69 Å². The Morgan fingerprint density at radius 3 is 2.45 bits per heavy atom. The molecule has 0 radical (unpaired) electrons. The minimum atomic E-state index is -3.94. The molecule has 192 valence electrons. The molecule has 1 amide bonds. The van der Waals surface area contributed by atoms with E-state index in [1.165, 1.54) is 42.7 Å². The lowest BCUT2D eigenvalue weighted by Crippen LogP contribution is -2.29. The van der Waals surface area contributed by atoms with Crippen LogP contribution in [0.3, 0.4) is 0 Å². The number of methoxy groups -OCH3 is 1. The Labute approximate surface area is 217 Å². The molecule has 0 bridgehead atoms. The van der Waals surface area contributed by atoms with E-state index >= 15 is 0 Å². The van der Waals surface area contributed by atoms with Gasteiger partial charge in [-0.1, -0.05) is 18.2 Å². The van der Waals surface area contributed by atoms with Crippen LogP contribution in [0.2, 0.25) is 0 Å². The van der Waals surface area contributed by atoms with Gasteiger partial charge in [0.2, 0.25) is 0 Å². The molecule has 38 heavy (non-hydrogen) atoms. The summed E-state index contributed by atoms with van der Waals surface area (Å²) in [5.74, 6) is -0.899. The molecule has 0 saturated heterocycles. The van der Waals surface area contributed by atoms with E-state index in [0.29, 0.717) is 22.5 Å². The lowest BCUT2D eigenvalue weighted by molar-refractivity contribution is 0.0707. The van der Waals surface area contributed by atoms with Gasteiger partial charge in [-0.3, -0.25) is 15.0 Å². The van der Waals surface area contributed by atoms with E-state index in [9.17, 15) is 18.4 Å². The molecule has 0 spiro atoms.